The van der Waals surface area contributed by atoms with Crippen LogP contribution in [-0.4, -0.2) is 65.7 Å². The minimum absolute atomic E-state index is 0.0652. The highest BCUT2D eigenvalue weighted by molar-refractivity contribution is 6.05. The molecule has 0 saturated carbocycles. The summed E-state index contributed by atoms with van der Waals surface area (Å²) in [7, 11) is 0. The van der Waals surface area contributed by atoms with Crippen LogP contribution in [0.3, 0.4) is 0 Å². The Kier molecular flexibility index (Phi) is 6.11. The molecule has 1 aromatic heterocycles. The first kappa shape index (κ1) is 21.6. The van der Waals surface area contributed by atoms with Crippen LogP contribution in [0, 0.1) is 0 Å². The summed E-state index contributed by atoms with van der Waals surface area (Å²) in [5, 5.41) is 2.94. The Morgan fingerprint density at radius 1 is 1.09 bits per heavy atom. The van der Waals surface area contributed by atoms with Gasteiger partial charge in [-0.05, 0) is 36.2 Å². The first-order chi connectivity index (χ1) is 16.1. The number of nitrogens with zero attached hydrogens (tertiary/aromatic N) is 4. The van der Waals surface area contributed by atoms with Crippen molar-refractivity contribution in [3.05, 3.63) is 54.1 Å². The number of benzene rings is 2. The molecule has 1 atom stereocenters. The van der Waals surface area contributed by atoms with Crippen molar-refractivity contribution in [1.29, 1.82) is 0 Å². The van der Waals surface area contributed by atoms with Crippen LogP contribution in [-0.2, 0) is 20.7 Å². The van der Waals surface area contributed by atoms with E-state index in [-0.39, 0.29) is 18.2 Å². The fourth-order valence-corrected chi connectivity index (χ4v) is 4.58. The number of fused-ring (bicyclic) bond motifs is 3. The fourth-order valence-electron chi connectivity index (χ4n) is 4.58. The van der Waals surface area contributed by atoms with E-state index >= 15 is 0 Å². The number of para-hydroxylation sites is 2. The van der Waals surface area contributed by atoms with Crippen molar-refractivity contribution < 1.29 is 14.3 Å². The Labute approximate surface area is 193 Å². The number of anilines is 2. The topological polar surface area (TPSA) is 79.7 Å². The van der Waals surface area contributed by atoms with Crippen molar-refractivity contribution in [2.45, 2.75) is 25.8 Å². The number of imidazole rings is 1. The predicted molar refractivity (Wildman–Crippen MR) is 127 cm³/mol. The minimum atomic E-state index is -0.605. The van der Waals surface area contributed by atoms with Crippen molar-refractivity contribution in [3.8, 4) is 0 Å². The number of aromatic nitrogens is 2. The number of hydrogen-bond acceptors (Lipinski definition) is 5. The molecular weight excluding hydrogens is 418 g/mol. The Hall–Kier alpha value is -3.23. The van der Waals surface area contributed by atoms with Crippen molar-refractivity contribution in [2.24, 2.45) is 0 Å². The summed E-state index contributed by atoms with van der Waals surface area (Å²) in [5.74, 6) is 0.365. The molecule has 0 spiro atoms. The maximum absolute atomic E-state index is 13.5. The van der Waals surface area contributed by atoms with Crippen molar-refractivity contribution >= 4 is 34.5 Å². The van der Waals surface area contributed by atoms with Crippen LogP contribution in [0.15, 0.2) is 48.5 Å². The van der Waals surface area contributed by atoms with Gasteiger partial charge in [-0.2, -0.15) is 0 Å². The van der Waals surface area contributed by atoms with E-state index in [1.165, 1.54) is 5.56 Å². The number of hydrogen-bond donors (Lipinski definition) is 1. The molecule has 3 aromatic rings. The van der Waals surface area contributed by atoms with Gasteiger partial charge in [0, 0.05) is 31.9 Å². The van der Waals surface area contributed by atoms with Gasteiger partial charge in [0.2, 0.25) is 11.9 Å². The minimum Gasteiger partial charge on any atom is -0.379 e. The monoisotopic (exact) mass is 447 g/mol. The van der Waals surface area contributed by atoms with Gasteiger partial charge in [-0.25, -0.2) is 4.98 Å². The number of aryl methyl sites for hydroxylation is 1. The molecule has 2 aliphatic heterocycles. The Morgan fingerprint density at radius 3 is 2.61 bits per heavy atom. The summed E-state index contributed by atoms with van der Waals surface area (Å²) in [6.07, 6.45) is 1.01. The van der Waals surface area contributed by atoms with Crippen LogP contribution >= 0.6 is 0 Å². The van der Waals surface area contributed by atoms with E-state index in [0.29, 0.717) is 25.7 Å². The van der Waals surface area contributed by atoms with Crippen molar-refractivity contribution in [1.82, 2.24) is 14.5 Å². The van der Waals surface area contributed by atoms with Crippen LogP contribution in [0.1, 0.15) is 24.9 Å². The number of morpholine rings is 1. The first-order valence-electron chi connectivity index (χ1n) is 11.6. The van der Waals surface area contributed by atoms with Gasteiger partial charge in [0.15, 0.2) is 0 Å². The Bertz CT molecular complexity index is 1150. The number of amides is 2. The van der Waals surface area contributed by atoms with Gasteiger partial charge in [0.05, 0.1) is 30.7 Å². The van der Waals surface area contributed by atoms with Gasteiger partial charge in [0.25, 0.3) is 5.91 Å². The van der Waals surface area contributed by atoms with Crippen LogP contribution in [0.25, 0.3) is 11.0 Å². The number of ether oxygens (including phenoxy) is 1. The van der Waals surface area contributed by atoms with E-state index in [1.54, 1.807) is 4.90 Å². The van der Waals surface area contributed by atoms with Crippen molar-refractivity contribution in [3.63, 3.8) is 0 Å². The SMILES string of the molecule is CCc1ccc(NC(=O)CC2C(=O)N(CCN3CCOCC3)c3nc4ccccc4n32)cc1. The molecule has 0 radical (unpaired) electrons. The molecule has 33 heavy (non-hydrogen) atoms. The highest BCUT2D eigenvalue weighted by atomic mass is 16.5. The van der Waals surface area contributed by atoms with E-state index in [4.69, 9.17) is 9.72 Å². The van der Waals surface area contributed by atoms with Crippen LogP contribution in [0.5, 0.6) is 0 Å². The summed E-state index contributed by atoms with van der Waals surface area (Å²) in [6.45, 7) is 6.54. The van der Waals surface area contributed by atoms with Crippen LogP contribution < -0.4 is 10.2 Å². The molecule has 0 aliphatic carbocycles. The normalized spacial score (nSPS) is 18.6. The second-order valence-electron chi connectivity index (χ2n) is 8.53. The maximum Gasteiger partial charge on any atom is 0.253 e. The number of carbonyl (C=O) groups is 2. The van der Waals surface area contributed by atoms with E-state index in [1.807, 2.05) is 53.1 Å². The quantitative estimate of drug-likeness (QED) is 0.603. The molecule has 8 heteroatoms. The molecule has 5 rings (SSSR count). The zero-order valence-corrected chi connectivity index (χ0v) is 18.9. The third kappa shape index (κ3) is 4.36. The molecule has 2 amide bonds. The van der Waals surface area contributed by atoms with E-state index < -0.39 is 6.04 Å². The molecule has 2 aliphatic rings. The number of nitrogens with one attached hydrogen (secondary N) is 1. The molecule has 1 saturated heterocycles. The van der Waals surface area contributed by atoms with E-state index in [0.717, 1.165) is 42.8 Å². The lowest BCUT2D eigenvalue weighted by Crippen LogP contribution is -2.42. The second-order valence-corrected chi connectivity index (χ2v) is 8.53. The van der Waals surface area contributed by atoms with Gasteiger partial charge in [-0.1, -0.05) is 31.2 Å². The third-order valence-electron chi connectivity index (χ3n) is 6.45. The summed E-state index contributed by atoms with van der Waals surface area (Å²) >= 11 is 0. The summed E-state index contributed by atoms with van der Waals surface area (Å²) < 4.78 is 7.36. The summed E-state index contributed by atoms with van der Waals surface area (Å²) in [6, 6.07) is 15.0. The molecular formula is C25H29N5O3. The van der Waals surface area contributed by atoms with Gasteiger partial charge in [0.1, 0.15) is 6.04 Å². The van der Waals surface area contributed by atoms with Gasteiger partial charge in [-0.15, -0.1) is 0 Å². The lowest BCUT2D eigenvalue weighted by atomic mass is 10.1. The average Bonchev–Trinajstić information content (AvgIpc) is 3.33. The van der Waals surface area contributed by atoms with Crippen molar-refractivity contribution in [2.75, 3.05) is 49.6 Å². The second kappa shape index (κ2) is 9.33. The highest BCUT2D eigenvalue weighted by Gasteiger charge is 2.40. The molecule has 3 heterocycles. The zero-order chi connectivity index (χ0) is 22.8. The lowest BCUT2D eigenvalue weighted by Gasteiger charge is -2.28. The van der Waals surface area contributed by atoms with Gasteiger partial charge < -0.3 is 10.1 Å². The van der Waals surface area contributed by atoms with Crippen LogP contribution in [0.4, 0.5) is 11.6 Å². The summed E-state index contributed by atoms with van der Waals surface area (Å²) in [4.78, 5) is 35.1. The fraction of sp³-hybridized carbons (Fsp3) is 0.400. The van der Waals surface area contributed by atoms with Gasteiger partial charge >= 0.3 is 0 Å². The molecule has 1 unspecified atom stereocenters. The Balaban J connectivity index is 1.36. The predicted octanol–water partition coefficient (Wildman–Crippen LogP) is 2.85. The molecule has 1 fully saturated rings. The third-order valence-corrected chi connectivity index (χ3v) is 6.45. The smallest absolute Gasteiger partial charge is 0.253 e. The average molecular weight is 448 g/mol. The number of carbonyl (C=O) groups excluding carboxylic acids is 2. The first-order valence-corrected chi connectivity index (χ1v) is 11.6. The van der Waals surface area contributed by atoms with Gasteiger partial charge in [-0.3, -0.25) is 24.0 Å². The lowest BCUT2D eigenvalue weighted by molar-refractivity contribution is -0.124. The number of rotatable bonds is 7. The molecule has 0 bridgehead atoms. The molecule has 8 nitrogen and oxygen atoms in total. The van der Waals surface area contributed by atoms with Crippen LogP contribution in [0.2, 0.25) is 0 Å². The summed E-state index contributed by atoms with van der Waals surface area (Å²) in [5.41, 5.74) is 3.66. The maximum atomic E-state index is 13.5. The molecule has 172 valence electrons. The Morgan fingerprint density at radius 2 is 1.85 bits per heavy atom. The standard InChI is InChI=1S/C25H29N5O3/c1-2-18-7-9-19(10-8-18)26-23(31)17-22-24(32)29(12-11-28-13-15-33-16-14-28)25-27-20-5-3-4-6-21(20)30(22)25/h3-10,22H,2,11-17H2,1H3,(H,26,31). The highest BCUT2D eigenvalue weighted by Crippen LogP contribution is 2.36. The van der Waals surface area contributed by atoms with E-state index in [2.05, 4.69) is 17.1 Å². The zero-order valence-electron chi connectivity index (χ0n) is 18.9. The largest absolute Gasteiger partial charge is 0.379 e. The molecule has 1 N–H and O–H groups in total. The molecule has 2 aromatic carbocycles. The van der Waals surface area contributed by atoms with E-state index in [9.17, 15) is 9.59 Å².